The molecule has 1 aromatic carbocycles. The van der Waals surface area contributed by atoms with Crippen LogP contribution in [-0.2, 0) is 6.54 Å². The number of nitrogens with two attached hydrogens (primary N) is 1. The van der Waals surface area contributed by atoms with Crippen LogP contribution in [0.1, 0.15) is 5.56 Å². The Morgan fingerprint density at radius 1 is 1.40 bits per heavy atom. The van der Waals surface area contributed by atoms with Gasteiger partial charge in [0.15, 0.2) is 0 Å². The number of hydrogen-bond acceptors (Lipinski definition) is 3. The van der Waals surface area contributed by atoms with Crippen LogP contribution in [0.4, 0.5) is 0 Å². The molecule has 1 saturated heterocycles. The molecule has 0 atom stereocenters. The van der Waals surface area contributed by atoms with Gasteiger partial charge in [-0.3, -0.25) is 0 Å². The fraction of sp³-hybridized carbons (Fsp3) is 0.273. The molecule has 2 rings (SSSR count). The van der Waals surface area contributed by atoms with E-state index >= 15 is 0 Å². The summed E-state index contributed by atoms with van der Waals surface area (Å²) in [6, 6.07) is 7.89. The summed E-state index contributed by atoms with van der Waals surface area (Å²) in [6.07, 6.45) is 1.61. The van der Waals surface area contributed by atoms with Crippen LogP contribution in [0.2, 0.25) is 5.02 Å². The first-order chi connectivity index (χ1) is 7.29. The number of nitrogens with one attached hydrogen (secondary N) is 1. The third-order valence-corrected chi connectivity index (χ3v) is 2.73. The zero-order valence-corrected chi connectivity index (χ0v) is 9.17. The highest BCUT2D eigenvalue weighted by Gasteiger charge is 2.15. The third kappa shape index (κ3) is 2.36. The van der Waals surface area contributed by atoms with E-state index in [9.17, 15) is 0 Å². The molecule has 0 saturated carbocycles. The van der Waals surface area contributed by atoms with Crippen LogP contribution in [0, 0.1) is 0 Å². The zero-order valence-electron chi connectivity index (χ0n) is 8.41. The molecule has 1 aromatic rings. The topological polar surface area (TPSA) is 41.3 Å². The van der Waals surface area contributed by atoms with Gasteiger partial charge in [0.05, 0.1) is 0 Å². The van der Waals surface area contributed by atoms with Gasteiger partial charge in [0.25, 0.3) is 0 Å². The number of benzene rings is 1. The Morgan fingerprint density at radius 3 is 2.80 bits per heavy atom. The maximum Gasteiger partial charge on any atom is 0.118 e. The van der Waals surface area contributed by atoms with Gasteiger partial charge < -0.3 is 16.0 Å². The SMILES string of the molecule is N/C=C1\NCCN1Cc1ccc(Cl)cc1. The summed E-state index contributed by atoms with van der Waals surface area (Å²) in [5, 5.41) is 4.00. The molecule has 0 aromatic heterocycles. The van der Waals surface area contributed by atoms with E-state index in [4.69, 9.17) is 17.3 Å². The summed E-state index contributed by atoms with van der Waals surface area (Å²) in [5.74, 6) is 1.00. The lowest BCUT2D eigenvalue weighted by molar-refractivity contribution is 0.387. The van der Waals surface area contributed by atoms with Crippen molar-refractivity contribution in [3.05, 3.63) is 46.9 Å². The van der Waals surface area contributed by atoms with E-state index in [-0.39, 0.29) is 0 Å². The smallest absolute Gasteiger partial charge is 0.118 e. The summed E-state index contributed by atoms with van der Waals surface area (Å²) in [4.78, 5) is 2.21. The Kier molecular flexibility index (Phi) is 3.02. The first kappa shape index (κ1) is 10.2. The molecule has 0 unspecified atom stereocenters. The lowest BCUT2D eigenvalue weighted by atomic mass is 10.2. The van der Waals surface area contributed by atoms with Crippen molar-refractivity contribution < 1.29 is 0 Å². The molecule has 4 heteroatoms. The van der Waals surface area contributed by atoms with Gasteiger partial charge in [-0.15, -0.1) is 0 Å². The largest absolute Gasteiger partial charge is 0.402 e. The second-order valence-corrected chi connectivity index (χ2v) is 3.96. The average molecular weight is 224 g/mol. The second kappa shape index (κ2) is 4.45. The van der Waals surface area contributed by atoms with Gasteiger partial charge in [-0.25, -0.2) is 0 Å². The Morgan fingerprint density at radius 2 is 2.13 bits per heavy atom. The molecule has 0 bridgehead atoms. The normalized spacial score (nSPS) is 18.2. The van der Waals surface area contributed by atoms with Gasteiger partial charge in [0.2, 0.25) is 0 Å². The first-order valence-electron chi connectivity index (χ1n) is 4.95. The molecular formula is C11H14ClN3. The van der Waals surface area contributed by atoms with E-state index in [0.29, 0.717) is 0 Å². The fourth-order valence-corrected chi connectivity index (χ4v) is 1.82. The van der Waals surface area contributed by atoms with Crippen molar-refractivity contribution in [2.45, 2.75) is 6.54 Å². The zero-order chi connectivity index (χ0) is 10.7. The molecule has 1 heterocycles. The van der Waals surface area contributed by atoms with Crippen LogP contribution >= 0.6 is 11.6 Å². The maximum atomic E-state index is 5.83. The van der Waals surface area contributed by atoms with Gasteiger partial charge in [0.1, 0.15) is 5.82 Å². The van der Waals surface area contributed by atoms with E-state index in [2.05, 4.69) is 10.2 Å². The maximum absolute atomic E-state index is 5.83. The van der Waals surface area contributed by atoms with E-state index in [0.717, 1.165) is 30.5 Å². The fourth-order valence-electron chi connectivity index (χ4n) is 1.69. The van der Waals surface area contributed by atoms with Crippen LogP contribution < -0.4 is 11.1 Å². The Bertz CT molecular complexity index is 359. The second-order valence-electron chi connectivity index (χ2n) is 3.53. The molecule has 0 amide bonds. The van der Waals surface area contributed by atoms with Crippen molar-refractivity contribution in [1.29, 1.82) is 0 Å². The van der Waals surface area contributed by atoms with Crippen molar-refractivity contribution in [2.75, 3.05) is 13.1 Å². The minimum Gasteiger partial charge on any atom is -0.402 e. The minimum absolute atomic E-state index is 0.771. The molecule has 0 radical (unpaired) electrons. The molecule has 80 valence electrons. The summed E-state index contributed by atoms with van der Waals surface area (Å²) in [6.45, 7) is 2.81. The van der Waals surface area contributed by atoms with E-state index in [1.54, 1.807) is 6.20 Å². The van der Waals surface area contributed by atoms with Crippen LogP contribution in [-0.4, -0.2) is 18.0 Å². The van der Waals surface area contributed by atoms with E-state index in [1.807, 2.05) is 24.3 Å². The monoisotopic (exact) mass is 223 g/mol. The highest BCUT2D eigenvalue weighted by Crippen LogP contribution is 2.14. The Labute approximate surface area is 94.5 Å². The van der Waals surface area contributed by atoms with Crippen LogP contribution in [0.25, 0.3) is 0 Å². The lowest BCUT2D eigenvalue weighted by Gasteiger charge is -2.18. The van der Waals surface area contributed by atoms with Gasteiger partial charge in [-0.05, 0) is 17.7 Å². The number of halogens is 1. The molecule has 3 N–H and O–H groups in total. The van der Waals surface area contributed by atoms with E-state index in [1.165, 1.54) is 5.56 Å². The Hall–Kier alpha value is -1.35. The van der Waals surface area contributed by atoms with Crippen molar-refractivity contribution in [3.8, 4) is 0 Å². The van der Waals surface area contributed by atoms with Crippen molar-refractivity contribution in [3.63, 3.8) is 0 Å². The van der Waals surface area contributed by atoms with Crippen LogP contribution in [0.15, 0.2) is 36.3 Å². The lowest BCUT2D eigenvalue weighted by Crippen LogP contribution is -2.20. The number of nitrogens with zero attached hydrogens (tertiary/aromatic N) is 1. The number of hydrogen-bond donors (Lipinski definition) is 2. The number of rotatable bonds is 2. The van der Waals surface area contributed by atoms with Gasteiger partial charge in [-0.1, -0.05) is 23.7 Å². The van der Waals surface area contributed by atoms with E-state index < -0.39 is 0 Å². The summed E-state index contributed by atoms with van der Waals surface area (Å²) >= 11 is 5.83. The van der Waals surface area contributed by atoms with Crippen molar-refractivity contribution in [1.82, 2.24) is 10.2 Å². The highest BCUT2D eigenvalue weighted by molar-refractivity contribution is 6.30. The van der Waals surface area contributed by atoms with Crippen LogP contribution in [0.3, 0.4) is 0 Å². The summed E-state index contributed by atoms with van der Waals surface area (Å²) in [5.41, 5.74) is 6.75. The molecule has 0 aliphatic carbocycles. The quantitative estimate of drug-likeness (QED) is 0.799. The predicted molar refractivity (Wildman–Crippen MR) is 62.1 cm³/mol. The predicted octanol–water partition coefficient (Wildman–Crippen LogP) is 1.50. The van der Waals surface area contributed by atoms with Gasteiger partial charge in [0, 0.05) is 30.9 Å². The first-order valence-corrected chi connectivity index (χ1v) is 5.32. The summed E-state index contributed by atoms with van der Waals surface area (Å²) in [7, 11) is 0. The standard InChI is InChI=1S/C11H14ClN3/c12-10-3-1-9(2-4-10)8-15-6-5-14-11(15)7-13/h1-4,7,14H,5-6,8,13H2/b11-7+. The molecule has 0 spiro atoms. The van der Waals surface area contributed by atoms with Crippen molar-refractivity contribution >= 4 is 11.6 Å². The molecule has 1 aliphatic heterocycles. The minimum atomic E-state index is 0.771. The third-order valence-electron chi connectivity index (χ3n) is 2.47. The molecule has 3 nitrogen and oxygen atoms in total. The Balaban J connectivity index is 2.05. The van der Waals surface area contributed by atoms with Crippen LogP contribution in [0.5, 0.6) is 0 Å². The van der Waals surface area contributed by atoms with Gasteiger partial charge >= 0.3 is 0 Å². The molecule has 1 aliphatic rings. The molecule has 1 fully saturated rings. The highest BCUT2D eigenvalue weighted by atomic mass is 35.5. The molecule has 15 heavy (non-hydrogen) atoms. The summed E-state index contributed by atoms with van der Waals surface area (Å²) < 4.78 is 0. The van der Waals surface area contributed by atoms with Crippen molar-refractivity contribution in [2.24, 2.45) is 5.73 Å². The average Bonchev–Trinajstić information content (AvgIpc) is 2.69. The van der Waals surface area contributed by atoms with Gasteiger partial charge in [-0.2, -0.15) is 0 Å². The molecular weight excluding hydrogens is 210 g/mol.